The molecule has 0 radical (unpaired) electrons. The number of carbonyl (C=O) groups excluding carboxylic acids is 2. The molecule has 3 N–H and O–H groups in total. The van der Waals surface area contributed by atoms with Crippen LogP contribution in [0, 0.1) is 13.8 Å². The van der Waals surface area contributed by atoms with Crippen molar-refractivity contribution in [3.63, 3.8) is 0 Å². The summed E-state index contributed by atoms with van der Waals surface area (Å²) in [6.07, 6.45) is -2.11. The van der Waals surface area contributed by atoms with E-state index in [1.54, 1.807) is 4.90 Å². The van der Waals surface area contributed by atoms with Gasteiger partial charge < -0.3 is 25.0 Å². The smallest absolute Gasteiger partial charge is 0.255 e. The molecule has 3 atom stereocenters. The van der Waals surface area contributed by atoms with Gasteiger partial charge in [-0.15, -0.1) is 0 Å². The lowest BCUT2D eigenvalue weighted by molar-refractivity contribution is -0.153. The third-order valence-corrected chi connectivity index (χ3v) is 7.46. The monoisotopic (exact) mass is 526 g/mol. The largest absolute Gasteiger partial charge is 0.380 e. The summed E-state index contributed by atoms with van der Waals surface area (Å²) in [5.74, 6) is -0.478. The van der Waals surface area contributed by atoms with Crippen LogP contribution in [-0.2, 0) is 22.7 Å². The van der Waals surface area contributed by atoms with Crippen molar-refractivity contribution in [3.8, 4) is 0 Å². The van der Waals surface area contributed by atoms with Crippen molar-refractivity contribution < 1.29 is 19.8 Å². The van der Waals surface area contributed by atoms with E-state index in [0.29, 0.717) is 13.1 Å². The van der Waals surface area contributed by atoms with E-state index in [2.05, 4.69) is 20.9 Å². The van der Waals surface area contributed by atoms with Gasteiger partial charge in [-0.2, -0.15) is 0 Å². The second-order valence-electron chi connectivity index (χ2n) is 10.3. The summed E-state index contributed by atoms with van der Waals surface area (Å²) in [5, 5.41) is 23.7. The average molecular weight is 527 g/mol. The summed E-state index contributed by atoms with van der Waals surface area (Å²) in [6, 6.07) is 23.6. The fourth-order valence-electron chi connectivity index (χ4n) is 5.34. The molecule has 1 aliphatic rings. The number of hydrogen-bond acceptors (Lipinski definition) is 5. The van der Waals surface area contributed by atoms with E-state index in [1.807, 2.05) is 80.6 Å². The van der Waals surface area contributed by atoms with E-state index in [9.17, 15) is 19.8 Å². The Hall–Kier alpha value is -4.01. The lowest BCUT2D eigenvalue weighted by Crippen LogP contribution is -2.50. The maximum absolute atomic E-state index is 13.0. The summed E-state index contributed by atoms with van der Waals surface area (Å²) in [6.45, 7) is 5.29. The number of fused-ring (bicyclic) bond motifs is 1. The summed E-state index contributed by atoms with van der Waals surface area (Å²) >= 11 is 0. The van der Waals surface area contributed by atoms with Gasteiger partial charge in [0.2, 0.25) is 0 Å². The zero-order valence-corrected chi connectivity index (χ0v) is 22.2. The molecule has 1 unspecified atom stereocenters. The molecule has 39 heavy (non-hydrogen) atoms. The number of rotatable bonds is 8. The molecule has 0 saturated carbocycles. The number of benzene rings is 3. The lowest BCUT2D eigenvalue weighted by Gasteiger charge is -2.28. The van der Waals surface area contributed by atoms with Gasteiger partial charge in [0.25, 0.3) is 11.8 Å². The van der Waals surface area contributed by atoms with Gasteiger partial charge in [0.05, 0.1) is 17.1 Å². The van der Waals surface area contributed by atoms with E-state index in [1.165, 1.54) is 0 Å². The van der Waals surface area contributed by atoms with Gasteiger partial charge in [-0.3, -0.25) is 9.59 Å². The molecule has 4 aromatic rings. The van der Waals surface area contributed by atoms with Crippen LogP contribution in [0.1, 0.15) is 47.0 Å². The number of imidazole rings is 1. The van der Waals surface area contributed by atoms with Gasteiger partial charge in [0.15, 0.2) is 12.2 Å². The fourth-order valence-corrected chi connectivity index (χ4v) is 5.34. The third kappa shape index (κ3) is 5.72. The number of likely N-dealkylation sites (tertiary alicyclic amines) is 1. The molecule has 1 saturated heterocycles. The highest BCUT2D eigenvalue weighted by molar-refractivity contribution is 5.91. The van der Waals surface area contributed by atoms with E-state index in [0.717, 1.165) is 52.0 Å². The number of aliphatic hydroxyl groups excluding tert-OH is 2. The first-order valence-corrected chi connectivity index (χ1v) is 13.3. The van der Waals surface area contributed by atoms with Crippen LogP contribution in [0.3, 0.4) is 0 Å². The molecule has 1 aliphatic heterocycles. The van der Waals surface area contributed by atoms with Crippen molar-refractivity contribution >= 4 is 22.8 Å². The number of carbonyl (C=O) groups is 2. The molecular formula is C31H34N4O4. The standard InChI is InChI=1S/C31H34N4O4/c1-20-7-5-8-24(17-20)26-11-6-16-34(26)31(39)29(37)28(36)30(38)32-18-22-12-14-23(15-13-22)19-35-21(2)33-25-9-3-4-10-27(25)35/h3-5,7-10,12-15,17,26,28-29,36-37H,6,11,16,18-19H2,1-2H3,(H,32,38)/t26?,28-,29-/m1/s1. The van der Waals surface area contributed by atoms with E-state index in [-0.39, 0.29) is 12.6 Å². The number of amides is 2. The number of nitrogens with zero attached hydrogens (tertiary/aromatic N) is 3. The number of hydrogen-bond donors (Lipinski definition) is 3. The summed E-state index contributed by atoms with van der Waals surface area (Å²) in [5.41, 5.74) is 6.05. The number of aryl methyl sites for hydroxylation is 2. The molecule has 2 heterocycles. The molecule has 1 aromatic heterocycles. The quantitative estimate of drug-likeness (QED) is 0.326. The predicted molar refractivity (Wildman–Crippen MR) is 149 cm³/mol. The number of aromatic nitrogens is 2. The Balaban J connectivity index is 1.17. The summed E-state index contributed by atoms with van der Waals surface area (Å²) < 4.78 is 2.16. The van der Waals surface area contributed by atoms with Gasteiger partial charge in [-0.05, 0) is 55.5 Å². The SMILES string of the molecule is Cc1cccc(C2CCCN2C(=O)[C@H](O)[C@@H](O)C(=O)NCc2ccc(Cn3c(C)nc4ccccc43)cc2)c1. The first-order valence-electron chi connectivity index (χ1n) is 13.3. The van der Waals surface area contributed by atoms with Gasteiger partial charge in [-0.25, -0.2) is 4.98 Å². The van der Waals surface area contributed by atoms with E-state index in [4.69, 9.17) is 0 Å². The topological polar surface area (TPSA) is 108 Å². The van der Waals surface area contributed by atoms with Gasteiger partial charge in [0.1, 0.15) is 5.82 Å². The minimum absolute atomic E-state index is 0.166. The zero-order valence-electron chi connectivity index (χ0n) is 22.2. The van der Waals surface area contributed by atoms with Crippen LogP contribution in [0.5, 0.6) is 0 Å². The van der Waals surface area contributed by atoms with Crippen molar-refractivity contribution in [2.75, 3.05) is 6.54 Å². The molecular weight excluding hydrogens is 492 g/mol. The van der Waals surface area contributed by atoms with Crippen molar-refractivity contribution in [3.05, 3.63) is 101 Å². The Kier molecular flexibility index (Phi) is 7.77. The molecule has 2 amide bonds. The minimum Gasteiger partial charge on any atom is -0.380 e. The number of aliphatic hydroxyl groups is 2. The van der Waals surface area contributed by atoms with Crippen molar-refractivity contribution in [1.82, 2.24) is 19.8 Å². The van der Waals surface area contributed by atoms with Crippen LogP contribution >= 0.6 is 0 Å². The van der Waals surface area contributed by atoms with Crippen LogP contribution in [0.4, 0.5) is 0 Å². The molecule has 0 spiro atoms. The molecule has 3 aromatic carbocycles. The average Bonchev–Trinajstić information content (AvgIpc) is 3.56. The molecule has 0 aliphatic carbocycles. The number of nitrogens with one attached hydrogen (secondary N) is 1. The Bertz CT molecular complexity index is 1480. The summed E-state index contributed by atoms with van der Waals surface area (Å²) in [4.78, 5) is 31.8. The highest BCUT2D eigenvalue weighted by Crippen LogP contribution is 2.33. The second kappa shape index (κ2) is 11.4. The predicted octanol–water partition coefficient (Wildman–Crippen LogP) is 3.40. The Morgan fingerprint density at radius 3 is 2.49 bits per heavy atom. The molecule has 5 rings (SSSR count). The first kappa shape index (κ1) is 26.6. The Morgan fingerprint density at radius 2 is 1.72 bits per heavy atom. The lowest BCUT2D eigenvalue weighted by atomic mass is 10.0. The summed E-state index contributed by atoms with van der Waals surface area (Å²) in [7, 11) is 0. The maximum Gasteiger partial charge on any atom is 0.255 e. The van der Waals surface area contributed by atoms with Gasteiger partial charge in [-0.1, -0.05) is 66.2 Å². The third-order valence-electron chi connectivity index (χ3n) is 7.46. The van der Waals surface area contributed by atoms with E-state index >= 15 is 0 Å². The number of para-hydroxylation sites is 2. The Labute approximate surface area is 227 Å². The minimum atomic E-state index is -1.85. The molecule has 8 heteroatoms. The molecule has 1 fully saturated rings. The van der Waals surface area contributed by atoms with Crippen LogP contribution in [0.2, 0.25) is 0 Å². The Morgan fingerprint density at radius 1 is 0.974 bits per heavy atom. The van der Waals surface area contributed by atoms with Gasteiger partial charge >= 0.3 is 0 Å². The molecule has 202 valence electrons. The normalized spacial score (nSPS) is 16.8. The van der Waals surface area contributed by atoms with Crippen LogP contribution in [0.15, 0.2) is 72.8 Å². The van der Waals surface area contributed by atoms with Crippen molar-refractivity contribution in [1.29, 1.82) is 0 Å². The zero-order chi connectivity index (χ0) is 27.5. The van der Waals surface area contributed by atoms with Crippen molar-refractivity contribution in [2.45, 2.75) is 58.0 Å². The highest BCUT2D eigenvalue weighted by Gasteiger charge is 2.38. The van der Waals surface area contributed by atoms with Crippen LogP contribution < -0.4 is 5.32 Å². The highest BCUT2D eigenvalue weighted by atomic mass is 16.3. The molecule has 0 bridgehead atoms. The fraction of sp³-hybridized carbons (Fsp3) is 0.323. The van der Waals surface area contributed by atoms with E-state index < -0.39 is 24.0 Å². The van der Waals surface area contributed by atoms with Crippen molar-refractivity contribution in [2.24, 2.45) is 0 Å². The molecule has 8 nitrogen and oxygen atoms in total. The maximum atomic E-state index is 13.0. The second-order valence-corrected chi connectivity index (χ2v) is 10.3. The van der Waals surface area contributed by atoms with Gasteiger partial charge in [0, 0.05) is 19.6 Å². The van der Waals surface area contributed by atoms with Crippen LogP contribution in [-0.4, -0.2) is 55.2 Å². The van der Waals surface area contributed by atoms with Crippen LogP contribution in [0.25, 0.3) is 11.0 Å². The first-order chi connectivity index (χ1) is 18.8.